The van der Waals surface area contributed by atoms with Gasteiger partial charge in [0.1, 0.15) is 5.69 Å². The lowest BCUT2D eigenvalue weighted by Crippen LogP contribution is -2.27. The second-order valence-electron chi connectivity index (χ2n) is 6.52. The molecule has 2 aromatic rings. The number of carboxylic acid groups (broad SMARTS) is 1. The van der Waals surface area contributed by atoms with Gasteiger partial charge in [-0.3, -0.25) is 4.79 Å². The number of ketones is 1. The predicted octanol–water partition coefficient (Wildman–Crippen LogP) is 3.43. The summed E-state index contributed by atoms with van der Waals surface area (Å²) in [5, 5.41) is 9.17. The van der Waals surface area contributed by atoms with E-state index in [9.17, 15) is 14.7 Å². The van der Waals surface area contributed by atoms with Crippen molar-refractivity contribution in [3.05, 3.63) is 64.5 Å². The van der Waals surface area contributed by atoms with E-state index in [4.69, 9.17) is 0 Å². The van der Waals surface area contributed by atoms with Crippen molar-refractivity contribution in [2.45, 2.75) is 32.1 Å². The lowest BCUT2D eigenvalue weighted by atomic mass is 9.72. The van der Waals surface area contributed by atoms with E-state index in [-0.39, 0.29) is 22.5 Å². The second-order valence-corrected chi connectivity index (χ2v) is 6.52. The number of carbonyl (C=O) groups is 2. The zero-order valence-electron chi connectivity index (χ0n) is 13.6. The van der Waals surface area contributed by atoms with Crippen molar-refractivity contribution < 1.29 is 14.7 Å². The Morgan fingerprint density at radius 2 is 2.04 bits per heavy atom. The van der Waals surface area contributed by atoms with Crippen LogP contribution in [0.4, 0.5) is 0 Å². The maximum Gasteiger partial charge on any atom is 0.338 e. The minimum atomic E-state index is -1.05. The Labute approximate surface area is 140 Å². The van der Waals surface area contributed by atoms with Gasteiger partial charge in [0.15, 0.2) is 5.78 Å². The molecule has 24 heavy (non-hydrogen) atoms. The summed E-state index contributed by atoms with van der Waals surface area (Å²) in [5.74, 6) is 4.92. The van der Waals surface area contributed by atoms with Gasteiger partial charge in [0.05, 0.1) is 5.56 Å². The van der Waals surface area contributed by atoms with Gasteiger partial charge in [-0.05, 0) is 53.7 Å². The summed E-state index contributed by atoms with van der Waals surface area (Å²) in [4.78, 5) is 27.3. The van der Waals surface area contributed by atoms with Crippen LogP contribution in [0.5, 0.6) is 0 Å². The third kappa shape index (κ3) is 2.93. The molecule has 0 aliphatic heterocycles. The predicted molar refractivity (Wildman–Crippen MR) is 90.2 cm³/mol. The smallest absolute Gasteiger partial charge is 0.338 e. The summed E-state index contributed by atoms with van der Waals surface area (Å²) in [7, 11) is 0. The normalized spacial score (nSPS) is 15.2. The maximum atomic E-state index is 12.1. The number of pyridine rings is 1. The van der Waals surface area contributed by atoms with Crippen molar-refractivity contribution in [3.8, 4) is 11.8 Å². The second kappa shape index (κ2) is 5.93. The third-order valence-corrected chi connectivity index (χ3v) is 4.39. The van der Waals surface area contributed by atoms with Gasteiger partial charge in [-0.1, -0.05) is 19.8 Å². The molecule has 1 heterocycles. The van der Waals surface area contributed by atoms with Crippen molar-refractivity contribution in [2.24, 2.45) is 0 Å². The third-order valence-electron chi connectivity index (χ3n) is 4.39. The highest BCUT2D eigenvalue weighted by molar-refractivity contribution is 5.99. The maximum absolute atomic E-state index is 12.1. The van der Waals surface area contributed by atoms with Gasteiger partial charge in [-0.15, -0.1) is 0 Å². The molecule has 0 bridgehead atoms. The van der Waals surface area contributed by atoms with Crippen LogP contribution in [-0.4, -0.2) is 21.8 Å². The number of nitrogens with zero attached hydrogens (tertiary/aromatic N) is 1. The quantitative estimate of drug-likeness (QED) is 0.818. The molecule has 0 saturated heterocycles. The molecule has 0 atom stereocenters. The summed E-state index contributed by atoms with van der Waals surface area (Å²) in [6.45, 7) is 4.24. The highest BCUT2D eigenvalue weighted by Crippen LogP contribution is 2.36. The van der Waals surface area contributed by atoms with Crippen molar-refractivity contribution >= 4 is 11.8 Å². The van der Waals surface area contributed by atoms with Crippen molar-refractivity contribution in [3.63, 3.8) is 0 Å². The number of Topliss-reactive ketones (excluding diaryl/α,β-unsaturated/α-hetero) is 1. The Morgan fingerprint density at radius 3 is 2.79 bits per heavy atom. The molecule has 1 aliphatic rings. The highest BCUT2D eigenvalue weighted by Gasteiger charge is 2.31. The van der Waals surface area contributed by atoms with Crippen LogP contribution in [0.15, 0.2) is 36.5 Å². The Bertz CT molecular complexity index is 901. The van der Waals surface area contributed by atoms with Gasteiger partial charge in [0, 0.05) is 23.7 Å². The molecule has 0 unspecified atom stereocenters. The van der Waals surface area contributed by atoms with Gasteiger partial charge in [-0.2, -0.15) is 0 Å². The number of carboxylic acids is 1. The zero-order chi connectivity index (χ0) is 17.3. The molecular weight excluding hydrogens is 302 g/mol. The average Bonchev–Trinajstić information content (AvgIpc) is 2.57. The molecule has 1 aromatic heterocycles. The molecule has 3 rings (SSSR count). The first-order chi connectivity index (χ1) is 11.4. The summed E-state index contributed by atoms with van der Waals surface area (Å²) in [6, 6.07) is 8.60. The molecule has 1 N–H and O–H groups in total. The van der Waals surface area contributed by atoms with Crippen LogP contribution in [0.25, 0.3) is 0 Å². The molecule has 1 aliphatic carbocycles. The van der Waals surface area contributed by atoms with E-state index in [0.29, 0.717) is 6.42 Å². The van der Waals surface area contributed by atoms with Crippen LogP contribution in [0.2, 0.25) is 0 Å². The molecule has 0 spiro atoms. The molecular formula is C20H17NO3. The van der Waals surface area contributed by atoms with Gasteiger partial charge < -0.3 is 5.11 Å². The number of hydrogen-bond acceptors (Lipinski definition) is 3. The Balaban J connectivity index is 2.03. The van der Waals surface area contributed by atoms with E-state index in [2.05, 4.69) is 30.7 Å². The molecule has 0 amide bonds. The van der Waals surface area contributed by atoms with Crippen LogP contribution < -0.4 is 0 Å². The SMILES string of the molecule is CC1(C)CCC(=O)c2ccc(C#Cc3ncccc3C(=O)O)cc21. The summed E-state index contributed by atoms with van der Waals surface area (Å²) in [5.41, 5.74) is 2.76. The minimum absolute atomic E-state index is 0.0713. The van der Waals surface area contributed by atoms with Gasteiger partial charge in [0.25, 0.3) is 0 Å². The van der Waals surface area contributed by atoms with Crippen LogP contribution in [0.1, 0.15) is 64.2 Å². The van der Waals surface area contributed by atoms with Crippen LogP contribution in [0.3, 0.4) is 0 Å². The first kappa shape index (κ1) is 15.9. The molecule has 4 heteroatoms. The number of rotatable bonds is 1. The van der Waals surface area contributed by atoms with Crippen molar-refractivity contribution in [1.29, 1.82) is 0 Å². The minimum Gasteiger partial charge on any atom is -0.478 e. The number of fused-ring (bicyclic) bond motifs is 1. The first-order valence-corrected chi connectivity index (χ1v) is 7.76. The average molecular weight is 319 g/mol. The van der Waals surface area contributed by atoms with Gasteiger partial charge in [0.2, 0.25) is 0 Å². The Morgan fingerprint density at radius 1 is 1.25 bits per heavy atom. The van der Waals surface area contributed by atoms with Crippen LogP contribution >= 0.6 is 0 Å². The number of aromatic carboxylic acids is 1. The lowest BCUT2D eigenvalue weighted by molar-refractivity contribution is 0.0696. The van der Waals surface area contributed by atoms with E-state index >= 15 is 0 Å². The fourth-order valence-corrected chi connectivity index (χ4v) is 2.93. The molecule has 120 valence electrons. The number of benzene rings is 1. The highest BCUT2D eigenvalue weighted by atomic mass is 16.4. The van der Waals surface area contributed by atoms with Gasteiger partial charge >= 0.3 is 5.97 Å². The lowest BCUT2D eigenvalue weighted by Gasteiger charge is -2.31. The van der Waals surface area contributed by atoms with E-state index < -0.39 is 5.97 Å². The summed E-state index contributed by atoms with van der Waals surface area (Å²) >= 11 is 0. The fraction of sp³-hybridized carbons (Fsp3) is 0.250. The number of hydrogen-bond donors (Lipinski definition) is 1. The van der Waals surface area contributed by atoms with Gasteiger partial charge in [-0.25, -0.2) is 9.78 Å². The zero-order valence-corrected chi connectivity index (χ0v) is 13.6. The molecule has 0 radical (unpaired) electrons. The monoisotopic (exact) mass is 319 g/mol. The Hall–Kier alpha value is -2.93. The first-order valence-electron chi connectivity index (χ1n) is 7.76. The van der Waals surface area contributed by atoms with Crippen molar-refractivity contribution in [2.75, 3.05) is 0 Å². The van der Waals surface area contributed by atoms with Crippen LogP contribution in [-0.2, 0) is 5.41 Å². The molecule has 1 aromatic carbocycles. The Kier molecular flexibility index (Phi) is 3.94. The number of carbonyl (C=O) groups excluding carboxylic acids is 1. The van der Waals surface area contributed by atoms with E-state index in [1.165, 1.54) is 12.3 Å². The largest absolute Gasteiger partial charge is 0.478 e. The standard InChI is InChI=1S/C20H17NO3/c1-20(2)10-9-18(22)14-7-5-13(12-16(14)20)6-8-17-15(19(23)24)4-3-11-21-17/h3-5,7,11-12H,9-10H2,1-2H3,(H,23,24). The van der Waals surface area contributed by atoms with E-state index in [1.807, 2.05) is 12.1 Å². The molecule has 0 fully saturated rings. The van der Waals surface area contributed by atoms with Crippen molar-refractivity contribution in [1.82, 2.24) is 4.98 Å². The van der Waals surface area contributed by atoms with E-state index in [0.717, 1.165) is 23.1 Å². The topological polar surface area (TPSA) is 67.3 Å². The van der Waals surface area contributed by atoms with Crippen LogP contribution in [0, 0.1) is 11.8 Å². The molecule has 4 nitrogen and oxygen atoms in total. The summed E-state index contributed by atoms with van der Waals surface area (Å²) in [6.07, 6.45) is 2.91. The summed E-state index contributed by atoms with van der Waals surface area (Å²) < 4.78 is 0. The number of aromatic nitrogens is 1. The van der Waals surface area contributed by atoms with E-state index in [1.54, 1.807) is 12.1 Å². The fourth-order valence-electron chi connectivity index (χ4n) is 2.93. The molecule has 0 saturated carbocycles.